The van der Waals surface area contributed by atoms with Crippen molar-refractivity contribution < 1.29 is 4.74 Å². The van der Waals surface area contributed by atoms with Gasteiger partial charge in [-0.3, -0.25) is 0 Å². The third-order valence-electron chi connectivity index (χ3n) is 3.92. The van der Waals surface area contributed by atoms with Gasteiger partial charge in [0.2, 0.25) is 0 Å². The molecule has 1 aromatic heterocycles. The van der Waals surface area contributed by atoms with Crippen LogP contribution >= 0.6 is 0 Å². The number of rotatable bonds is 4. The molecule has 2 unspecified atom stereocenters. The van der Waals surface area contributed by atoms with E-state index in [1.54, 1.807) is 0 Å². The molecule has 0 aromatic carbocycles. The number of nitrogens with zero attached hydrogens (tertiary/aromatic N) is 2. The first-order valence-corrected chi connectivity index (χ1v) is 7.06. The van der Waals surface area contributed by atoms with Gasteiger partial charge in [0.25, 0.3) is 0 Å². The predicted molar refractivity (Wildman–Crippen MR) is 79.9 cm³/mol. The van der Waals surface area contributed by atoms with E-state index in [1.165, 1.54) is 0 Å². The van der Waals surface area contributed by atoms with Crippen LogP contribution in [0.2, 0.25) is 0 Å². The monoisotopic (exact) mass is 263 g/mol. The van der Waals surface area contributed by atoms with Gasteiger partial charge in [-0.1, -0.05) is 6.92 Å². The Morgan fingerprint density at radius 3 is 2.84 bits per heavy atom. The molecule has 1 N–H and O–H groups in total. The zero-order chi connectivity index (χ0) is 13.9. The number of anilines is 2. The van der Waals surface area contributed by atoms with Crippen molar-refractivity contribution >= 4 is 11.5 Å². The summed E-state index contributed by atoms with van der Waals surface area (Å²) in [5.41, 5.74) is 1.11. The summed E-state index contributed by atoms with van der Waals surface area (Å²) in [6.07, 6.45) is 5.08. The largest absolute Gasteiger partial charge is 0.381 e. The molecule has 0 saturated carbocycles. The first-order valence-electron chi connectivity index (χ1n) is 7.06. The van der Waals surface area contributed by atoms with Gasteiger partial charge < -0.3 is 15.0 Å². The summed E-state index contributed by atoms with van der Waals surface area (Å²) in [6, 6.07) is 4.62. The fourth-order valence-electron chi connectivity index (χ4n) is 2.47. The van der Waals surface area contributed by atoms with Crippen molar-refractivity contribution in [3.8, 4) is 0 Å². The molecule has 106 valence electrons. The number of hydrogen-bond donors (Lipinski definition) is 1. The van der Waals surface area contributed by atoms with E-state index in [-0.39, 0.29) is 5.60 Å². The van der Waals surface area contributed by atoms with Gasteiger partial charge >= 0.3 is 0 Å². The fraction of sp³-hybridized carbons (Fsp3) is 0.667. The Hall–Kier alpha value is -1.29. The summed E-state index contributed by atoms with van der Waals surface area (Å²) in [5.74, 6) is 0.982. The highest BCUT2D eigenvalue weighted by atomic mass is 16.5. The molecule has 4 heteroatoms. The van der Waals surface area contributed by atoms with Crippen molar-refractivity contribution in [2.45, 2.75) is 44.8 Å². The maximum Gasteiger partial charge on any atom is 0.128 e. The van der Waals surface area contributed by atoms with E-state index < -0.39 is 0 Å². The van der Waals surface area contributed by atoms with E-state index in [1.807, 2.05) is 31.3 Å². The van der Waals surface area contributed by atoms with Crippen molar-refractivity contribution in [2.24, 2.45) is 0 Å². The van der Waals surface area contributed by atoms with Crippen LogP contribution in [0.3, 0.4) is 0 Å². The average molecular weight is 263 g/mol. The summed E-state index contributed by atoms with van der Waals surface area (Å²) in [6.45, 7) is 5.23. The van der Waals surface area contributed by atoms with Crippen LogP contribution in [0.25, 0.3) is 0 Å². The Bertz CT molecular complexity index is 404. The van der Waals surface area contributed by atoms with Crippen LogP contribution < -0.4 is 10.2 Å². The second-order valence-corrected chi connectivity index (χ2v) is 5.79. The normalized spacial score (nSPS) is 27.1. The summed E-state index contributed by atoms with van der Waals surface area (Å²) >= 11 is 0. The highest BCUT2D eigenvalue weighted by Gasteiger charge is 2.31. The minimum atomic E-state index is 0.0208. The Morgan fingerprint density at radius 1 is 1.47 bits per heavy atom. The number of pyridine rings is 1. The van der Waals surface area contributed by atoms with Crippen LogP contribution in [0.1, 0.15) is 33.1 Å². The molecule has 2 heterocycles. The molecule has 0 radical (unpaired) electrons. The first-order chi connectivity index (χ1) is 9.02. The second kappa shape index (κ2) is 5.78. The van der Waals surface area contributed by atoms with Gasteiger partial charge in [0.15, 0.2) is 0 Å². The van der Waals surface area contributed by atoms with Gasteiger partial charge in [0.1, 0.15) is 5.82 Å². The molecule has 0 aliphatic carbocycles. The van der Waals surface area contributed by atoms with Crippen molar-refractivity contribution in [3.63, 3.8) is 0 Å². The van der Waals surface area contributed by atoms with Crippen LogP contribution in [-0.2, 0) is 4.74 Å². The predicted octanol–water partition coefficient (Wildman–Crippen LogP) is 2.91. The van der Waals surface area contributed by atoms with Crippen LogP contribution in [-0.4, -0.2) is 37.3 Å². The zero-order valence-corrected chi connectivity index (χ0v) is 12.4. The first kappa shape index (κ1) is 14.1. The number of aromatic nitrogens is 1. The Morgan fingerprint density at radius 2 is 2.26 bits per heavy atom. The molecule has 4 nitrogen and oxygen atoms in total. The fourth-order valence-corrected chi connectivity index (χ4v) is 2.47. The van der Waals surface area contributed by atoms with Crippen LogP contribution in [0.5, 0.6) is 0 Å². The summed E-state index contributed by atoms with van der Waals surface area (Å²) in [4.78, 5) is 6.44. The molecule has 1 fully saturated rings. The van der Waals surface area contributed by atoms with E-state index in [2.05, 4.69) is 30.2 Å². The van der Waals surface area contributed by atoms with Crippen molar-refractivity contribution in [3.05, 3.63) is 18.3 Å². The Labute approximate surface area is 116 Å². The minimum Gasteiger partial charge on any atom is -0.381 e. The molecule has 0 amide bonds. The van der Waals surface area contributed by atoms with Gasteiger partial charge in [-0.15, -0.1) is 0 Å². The van der Waals surface area contributed by atoms with E-state index >= 15 is 0 Å². The van der Waals surface area contributed by atoms with Crippen molar-refractivity contribution in [1.29, 1.82) is 0 Å². The lowest BCUT2D eigenvalue weighted by Crippen LogP contribution is -2.41. The van der Waals surface area contributed by atoms with Gasteiger partial charge in [0.05, 0.1) is 17.5 Å². The third kappa shape index (κ3) is 3.60. The smallest absolute Gasteiger partial charge is 0.128 e. The van der Waals surface area contributed by atoms with Crippen molar-refractivity contribution in [1.82, 2.24) is 4.98 Å². The van der Waals surface area contributed by atoms with Crippen molar-refractivity contribution in [2.75, 3.05) is 30.9 Å². The molecular formula is C15H25N3O. The lowest BCUT2D eigenvalue weighted by molar-refractivity contribution is -0.0708. The second-order valence-electron chi connectivity index (χ2n) is 5.79. The van der Waals surface area contributed by atoms with Gasteiger partial charge in [-0.05, 0) is 38.3 Å². The molecule has 1 aromatic rings. The number of hydrogen-bond acceptors (Lipinski definition) is 4. The van der Waals surface area contributed by atoms with E-state index in [9.17, 15) is 0 Å². The molecule has 2 rings (SSSR count). The maximum absolute atomic E-state index is 5.87. The highest BCUT2D eigenvalue weighted by molar-refractivity contribution is 5.48. The molecule has 0 spiro atoms. The minimum absolute atomic E-state index is 0.0208. The molecule has 19 heavy (non-hydrogen) atoms. The molecule has 1 aliphatic rings. The van der Waals surface area contributed by atoms with Gasteiger partial charge in [0, 0.05) is 26.7 Å². The SMILES string of the molecule is CCC1(C)CC(Nc2ccc(N(C)C)nc2)CCO1. The summed E-state index contributed by atoms with van der Waals surface area (Å²) in [5, 5.41) is 3.58. The third-order valence-corrected chi connectivity index (χ3v) is 3.92. The standard InChI is InChI=1S/C15H25N3O/c1-5-15(2)10-12(8-9-19-15)17-13-6-7-14(16-11-13)18(3)4/h6-7,11-12,17H,5,8-10H2,1-4H3. The number of ether oxygens (including phenoxy) is 1. The topological polar surface area (TPSA) is 37.4 Å². The van der Waals surface area contributed by atoms with Crippen LogP contribution in [0, 0.1) is 0 Å². The summed E-state index contributed by atoms with van der Waals surface area (Å²) < 4.78 is 5.87. The maximum atomic E-state index is 5.87. The molecular weight excluding hydrogens is 238 g/mol. The van der Waals surface area contributed by atoms with E-state index in [4.69, 9.17) is 4.74 Å². The zero-order valence-electron chi connectivity index (χ0n) is 12.4. The number of nitrogens with one attached hydrogen (secondary N) is 1. The molecule has 2 atom stereocenters. The van der Waals surface area contributed by atoms with E-state index in [0.29, 0.717) is 6.04 Å². The van der Waals surface area contributed by atoms with Crippen LogP contribution in [0.15, 0.2) is 18.3 Å². The lowest BCUT2D eigenvalue weighted by Gasteiger charge is -2.38. The Balaban J connectivity index is 1.97. The quantitative estimate of drug-likeness (QED) is 0.906. The molecule has 0 bridgehead atoms. The van der Waals surface area contributed by atoms with Crippen LogP contribution in [0.4, 0.5) is 11.5 Å². The summed E-state index contributed by atoms with van der Waals surface area (Å²) in [7, 11) is 4.00. The van der Waals surface area contributed by atoms with E-state index in [0.717, 1.165) is 37.4 Å². The van der Waals surface area contributed by atoms with Gasteiger partial charge in [-0.25, -0.2) is 4.98 Å². The lowest BCUT2D eigenvalue weighted by atomic mass is 9.90. The van der Waals surface area contributed by atoms with Gasteiger partial charge in [-0.2, -0.15) is 0 Å². The molecule has 1 saturated heterocycles. The molecule has 1 aliphatic heterocycles. The Kier molecular flexibility index (Phi) is 4.30. The average Bonchev–Trinajstić information content (AvgIpc) is 2.39. The highest BCUT2D eigenvalue weighted by Crippen LogP contribution is 2.29.